The van der Waals surface area contributed by atoms with Gasteiger partial charge in [-0.15, -0.1) is 0 Å². The summed E-state index contributed by atoms with van der Waals surface area (Å²) in [5.74, 6) is 0.648. The largest absolute Gasteiger partial charge is 0.464 e. The second-order valence-corrected chi connectivity index (χ2v) is 6.25. The molecule has 0 aliphatic carbocycles. The van der Waals surface area contributed by atoms with E-state index in [1.807, 2.05) is 13.0 Å². The highest BCUT2D eigenvalue weighted by Crippen LogP contribution is 2.27. The van der Waals surface area contributed by atoms with Gasteiger partial charge in [-0.05, 0) is 38.3 Å². The highest BCUT2D eigenvalue weighted by Gasteiger charge is 2.33. The van der Waals surface area contributed by atoms with Crippen molar-refractivity contribution in [1.29, 1.82) is 0 Å². The Hall–Kier alpha value is -1.88. The molecule has 4 rings (SSSR count). The molecule has 2 saturated heterocycles. The molecule has 2 aromatic heterocycles. The zero-order valence-electron chi connectivity index (χ0n) is 12.1. The minimum atomic E-state index is -0.0936. The second kappa shape index (κ2) is 4.84. The van der Waals surface area contributed by atoms with Crippen LogP contribution in [0.25, 0.3) is 11.0 Å². The molecule has 2 aliphatic heterocycles. The highest BCUT2D eigenvalue weighted by atomic mass is 16.3. The molecule has 2 fully saturated rings. The van der Waals surface area contributed by atoms with Crippen LogP contribution in [0.4, 0.5) is 0 Å². The number of pyridine rings is 1. The van der Waals surface area contributed by atoms with E-state index in [0.29, 0.717) is 5.69 Å². The average Bonchev–Trinajstić information content (AvgIpc) is 3.05. The summed E-state index contributed by atoms with van der Waals surface area (Å²) in [6.07, 6.45) is 3.99. The number of hydrogen-bond donors (Lipinski definition) is 1. The molecule has 0 saturated carbocycles. The van der Waals surface area contributed by atoms with E-state index in [1.165, 1.54) is 19.5 Å². The van der Waals surface area contributed by atoms with Gasteiger partial charge in [0.05, 0.1) is 6.26 Å². The first-order chi connectivity index (χ1) is 10.2. The quantitative estimate of drug-likeness (QED) is 0.916. The standard InChI is InChI=1S/C16H19N3O2/c1-10-13-3-5-21-15(13)7-14(17-10)16(20)18-12-6-11-2-4-19(8-11)9-12/h3,5,7,11-12H,2,4,6,8-9H2,1H3,(H,18,20). The predicted octanol–water partition coefficient (Wildman–Crippen LogP) is 1.96. The van der Waals surface area contributed by atoms with Gasteiger partial charge in [-0.25, -0.2) is 4.98 Å². The third kappa shape index (κ3) is 2.31. The number of aromatic nitrogens is 1. The summed E-state index contributed by atoms with van der Waals surface area (Å²) in [6, 6.07) is 3.86. The lowest BCUT2D eigenvalue weighted by Gasteiger charge is -2.30. The number of piperidine rings is 1. The number of fused-ring (bicyclic) bond motifs is 3. The topological polar surface area (TPSA) is 58.4 Å². The molecule has 2 aromatic rings. The molecule has 110 valence electrons. The molecule has 5 heteroatoms. The minimum Gasteiger partial charge on any atom is -0.464 e. The highest BCUT2D eigenvalue weighted by molar-refractivity contribution is 5.96. The summed E-state index contributed by atoms with van der Waals surface area (Å²) in [5.41, 5.74) is 2.00. The number of aryl methyl sites for hydroxylation is 1. The van der Waals surface area contributed by atoms with Gasteiger partial charge in [-0.2, -0.15) is 0 Å². The Bertz CT molecular complexity index is 682. The second-order valence-electron chi connectivity index (χ2n) is 6.25. The zero-order chi connectivity index (χ0) is 14.4. The molecule has 0 radical (unpaired) electrons. The summed E-state index contributed by atoms with van der Waals surface area (Å²) in [4.78, 5) is 19.3. The Morgan fingerprint density at radius 1 is 1.48 bits per heavy atom. The maximum atomic E-state index is 12.4. The number of carbonyl (C=O) groups is 1. The molecule has 0 spiro atoms. The molecule has 21 heavy (non-hydrogen) atoms. The fourth-order valence-electron chi connectivity index (χ4n) is 3.67. The van der Waals surface area contributed by atoms with Crippen molar-refractivity contribution in [3.05, 3.63) is 29.8 Å². The van der Waals surface area contributed by atoms with Crippen molar-refractivity contribution < 1.29 is 9.21 Å². The van der Waals surface area contributed by atoms with Crippen LogP contribution in [0.5, 0.6) is 0 Å². The van der Waals surface area contributed by atoms with E-state index >= 15 is 0 Å². The van der Waals surface area contributed by atoms with Gasteiger partial charge in [0.15, 0.2) is 0 Å². The van der Waals surface area contributed by atoms with Crippen molar-refractivity contribution in [3.63, 3.8) is 0 Å². The molecule has 2 aliphatic rings. The maximum Gasteiger partial charge on any atom is 0.270 e. The molecule has 4 heterocycles. The van der Waals surface area contributed by atoms with Gasteiger partial charge in [-0.3, -0.25) is 4.79 Å². The van der Waals surface area contributed by atoms with Gasteiger partial charge in [0.25, 0.3) is 5.91 Å². The van der Waals surface area contributed by atoms with Crippen molar-refractivity contribution in [1.82, 2.24) is 15.2 Å². The monoisotopic (exact) mass is 285 g/mol. The normalized spacial score (nSPS) is 28.0. The van der Waals surface area contributed by atoms with Crippen molar-refractivity contribution in [2.75, 3.05) is 19.6 Å². The van der Waals surface area contributed by atoms with Crippen LogP contribution in [-0.2, 0) is 0 Å². The Balaban J connectivity index is 1.53. The maximum absolute atomic E-state index is 12.4. The molecule has 1 N–H and O–H groups in total. The van der Waals surface area contributed by atoms with Crippen LogP contribution < -0.4 is 5.32 Å². The fourth-order valence-corrected chi connectivity index (χ4v) is 3.67. The lowest BCUT2D eigenvalue weighted by atomic mass is 9.97. The predicted molar refractivity (Wildman–Crippen MR) is 79.2 cm³/mol. The molecule has 2 bridgehead atoms. The van der Waals surface area contributed by atoms with E-state index in [2.05, 4.69) is 15.2 Å². The first-order valence-electron chi connectivity index (χ1n) is 7.57. The van der Waals surface area contributed by atoms with Crippen LogP contribution in [0, 0.1) is 12.8 Å². The van der Waals surface area contributed by atoms with Gasteiger partial charge < -0.3 is 14.6 Å². The Morgan fingerprint density at radius 3 is 3.24 bits per heavy atom. The third-order valence-corrected chi connectivity index (χ3v) is 4.68. The Morgan fingerprint density at radius 2 is 2.38 bits per heavy atom. The van der Waals surface area contributed by atoms with E-state index in [1.54, 1.807) is 12.3 Å². The number of hydrogen-bond acceptors (Lipinski definition) is 4. The molecule has 3 atom stereocenters. The number of carbonyl (C=O) groups excluding carboxylic acids is 1. The summed E-state index contributed by atoms with van der Waals surface area (Å²) in [5, 5.41) is 4.10. The fraction of sp³-hybridized carbons (Fsp3) is 0.500. The Kier molecular flexibility index (Phi) is 2.96. The number of rotatable bonds is 2. The summed E-state index contributed by atoms with van der Waals surface area (Å²) < 4.78 is 5.40. The average molecular weight is 285 g/mol. The summed E-state index contributed by atoms with van der Waals surface area (Å²) in [6.45, 7) is 5.24. The van der Waals surface area contributed by atoms with Gasteiger partial charge in [0.1, 0.15) is 11.3 Å². The van der Waals surface area contributed by atoms with Crippen LogP contribution in [0.1, 0.15) is 29.0 Å². The lowest BCUT2D eigenvalue weighted by Crippen LogP contribution is -2.47. The van der Waals surface area contributed by atoms with Gasteiger partial charge in [-0.1, -0.05) is 0 Å². The summed E-state index contributed by atoms with van der Waals surface area (Å²) >= 11 is 0. The van der Waals surface area contributed by atoms with Crippen molar-refractivity contribution in [3.8, 4) is 0 Å². The van der Waals surface area contributed by atoms with Crippen molar-refractivity contribution in [2.24, 2.45) is 5.92 Å². The lowest BCUT2D eigenvalue weighted by molar-refractivity contribution is 0.0904. The van der Waals surface area contributed by atoms with E-state index in [0.717, 1.165) is 35.5 Å². The van der Waals surface area contributed by atoms with Crippen LogP contribution in [0.3, 0.4) is 0 Å². The molecule has 1 amide bonds. The van der Waals surface area contributed by atoms with Gasteiger partial charge in [0.2, 0.25) is 0 Å². The number of amides is 1. The molecular weight excluding hydrogens is 266 g/mol. The number of nitrogens with zero attached hydrogens (tertiary/aromatic N) is 2. The first kappa shape index (κ1) is 12.8. The Labute approximate surface area is 123 Å². The number of furan rings is 1. The van der Waals surface area contributed by atoms with Crippen LogP contribution >= 0.6 is 0 Å². The van der Waals surface area contributed by atoms with Gasteiger partial charge in [0, 0.05) is 36.3 Å². The number of nitrogens with one attached hydrogen (secondary N) is 1. The SMILES string of the molecule is Cc1nc(C(=O)NC2CC3CCN(C3)C2)cc2occc12. The van der Waals surface area contributed by atoms with E-state index in [9.17, 15) is 4.79 Å². The van der Waals surface area contributed by atoms with E-state index < -0.39 is 0 Å². The molecule has 5 nitrogen and oxygen atoms in total. The minimum absolute atomic E-state index is 0.0936. The smallest absolute Gasteiger partial charge is 0.270 e. The van der Waals surface area contributed by atoms with E-state index in [-0.39, 0.29) is 11.9 Å². The summed E-state index contributed by atoms with van der Waals surface area (Å²) in [7, 11) is 0. The zero-order valence-corrected chi connectivity index (χ0v) is 12.1. The van der Waals surface area contributed by atoms with Crippen LogP contribution in [0.2, 0.25) is 0 Å². The molecule has 0 aromatic carbocycles. The third-order valence-electron chi connectivity index (χ3n) is 4.68. The van der Waals surface area contributed by atoms with Crippen molar-refractivity contribution >= 4 is 16.9 Å². The van der Waals surface area contributed by atoms with E-state index in [4.69, 9.17) is 4.42 Å². The first-order valence-corrected chi connectivity index (χ1v) is 7.57. The molecular formula is C16H19N3O2. The van der Waals surface area contributed by atoms with Crippen LogP contribution in [0.15, 0.2) is 22.8 Å². The van der Waals surface area contributed by atoms with Crippen LogP contribution in [-0.4, -0.2) is 41.5 Å². The van der Waals surface area contributed by atoms with Crippen molar-refractivity contribution in [2.45, 2.75) is 25.8 Å². The molecule has 3 unspecified atom stereocenters. The van der Waals surface area contributed by atoms with Gasteiger partial charge >= 0.3 is 0 Å².